The van der Waals surface area contributed by atoms with Gasteiger partial charge < -0.3 is 20.7 Å². The van der Waals surface area contributed by atoms with Crippen molar-refractivity contribution in [1.82, 2.24) is 16.0 Å². The van der Waals surface area contributed by atoms with E-state index in [9.17, 15) is 4.79 Å². The molecule has 1 saturated heterocycles. The molecule has 4 atom stereocenters. The number of carbonyl (C=O) groups excluding carboxylic acids is 1. The van der Waals surface area contributed by atoms with Crippen molar-refractivity contribution >= 4 is 5.91 Å². The molecule has 180 valence electrons. The molecular formula is C28H41N3O2. The summed E-state index contributed by atoms with van der Waals surface area (Å²) in [4.78, 5) is 13.1. The molecule has 1 aliphatic heterocycles. The van der Waals surface area contributed by atoms with Gasteiger partial charge in [0.25, 0.3) is 0 Å². The summed E-state index contributed by atoms with van der Waals surface area (Å²) in [7, 11) is 0. The van der Waals surface area contributed by atoms with E-state index in [2.05, 4.69) is 41.9 Å². The molecule has 1 aliphatic rings. The average molecular weight is 452 g/mol. The first kappa shape index (κ1) is 25.3. The van der Waals surface area contributed by atoms with Crippen molar-refractivity contribution in [1.29, 1.82) is 0 Å². The summed E-state index contributed by atoms with van der Waals surface area (Å²) in [5, 5.41) is 10.4. The lowest BCUT2D eigenvalue weighted by Crippen LogP contribution is -2.41. The van der Waals surface area contributed by atoms with Crippen molar-refractivity contribution in [2.45, 2.75) is 77.0 Å². The summed E-state index contributed by atoms with van der Waals surface area (Å²) in [5.41, 5.74) is 2.12. The van der Waals surface area contributed by atoms with Crippen molar-refractivity contribution in [3.8, 4) is 5.75 Å². The van der Waals surface area contributed by atoms with E-state index in [1.54, 1.807) is 0 Å². The van der Waals surface area contributed by atoms with Crippen LogP contribution in [0.15, 0.2) is 54.6 Å². The highest BCUT2D eigenvalue weighted by atomic mass is 16.5. The van der Waals surface area contributed by atoms with Gasteiger partial charge in [0.15, 0.2) is 0 Å². The Hall–Kier alpha value is -2.37. The molecule has 3 N–H and O–H groups in total. The lowest BCUT2D eigenvalue weighted by atomic mass is 9.99. The minimum atomic E-state index is -0.202. The first-order chi connectivity index (χ1) is 16.1. The third-order valence-electron chi connectivity index (χ3n) is 6.49. The van der Waals surface area contributed by atoms with Crippen molar-refractivity contribution in [2.24, 2.45) is 0 Å². The van der Waals surface area contributed by atoms with Crippen LogP contribution >= 0.6 is 0 Å². The fraction of sp³-hybridized carbons (Fsp3) is 0.536. The predicted molar refractivity (Wildman–Crippen MR) is 136 cm³/mol. The van der Waals surface area contributed by atoms with E-state index in [1.165, 1.54) is 25.7 Å². The number of hydrogen-bond donors (Lipinski definition) is 3. The normalized spacial score (nSPS) is 18.5. The Labute approximate surface area is 199 Å². The van der Waals surface area contributed by atoms with Gasteiger partial charge in [0.05, 0.1) is 18.1 Å². The first-order valence-corrected chi connectivity index (χ1v) is 12.6. The molecule has 3 unspecified atom stereocenters. The van der Waals surface area contributed by atoms with Gasteiger partial charge >= 0.3 is 0 Å². The average Bonchev–Trinajstić information content (AvgIpc) is 3.36. The van der Waals surface area contributed by atoms with Crippen molar-refractivity contribution in [3.63, 3.8) is 0 Å². The summed E-state index contributed by atoms with van der Waals surface area (Å²) in [5.74, 6) is 0.723. The van der Waals surface area contributed by atoms with Crippen molar-refractivity contribution in [3.05, 3.63) is 65.7 Å². The summed E-state index contributed by atoms with van der Waals surface area (Å²) in [6, 6.07) is 18.6. The standard InChI is InChI=1S/C28H41N3O2/c1-4-5-10-21(2)33-26-16-14-24(15-17-26)27(20-29-19-25-13-9-18-30-25)31-28(32)22(3)23-11-7-6-8-12-23/h6-8,11-12,14-17,21-22,25,27,29-30H,4-5,9-10,13,18-20H2,1-3H3,(H,31,32)/t21?,22?,25-,27?/m0/s1. The van der Waals surface area contributed by atoms with E-state index in [0.29, 0.717) is 12.6 Å². The fourth-order valence-corrected chi connectivity index (χ4v) is 4.34. The van der Waals surface area contributed by atoms with E-state index in [1.807, 2.05) is 49.4 Å². The van der Waals surface area contributed by atoms with Crippen LogP contribution < -0.4 is 20.7 Å². The molecule has 5 nitrogen and oxygen atoms in total. The fourth-order valence-electron chi connectivity index (χ4n) is 4.34. The molecule has 3 rings (SSSR count). The molecule has 2 aromatic rings. The van der Waals surface area contributed by atoms with Crippen LogP contribution in [0.4, 0.5) is 0 Å². The van der Waals surface area contributed by atoms with E-state index >= 15 is 0 Å². The van der Waals surface area contributed by atoms with E-state index in [-0.39, 0.29) is 24.0 Å². The molecule has 0 radical (unpaired) electrons. The molecule has 0 saturated carbocycles. The molecule has 1 amide bonds. The summed E-state index contributed by atoms with van der Waals surface area (Å²) in [6.45, 7) is 8.99. The highest BCUT2D eigenvalue weighted by molar-refractivity contribution is 5.83. The van der Waals surface area contributed by atoms with Gasteiger partial charge in [0.2, 0.25) is 5.91 Å². The van der Waals surface area contributed by atoms with E-state index in [0.717, 1.165) is 36.4 Å². The topological polar surface area (TPSA) is 62.4 Å². The molecule has 0 aromatic heterocycles. The number of benzene rings is 2. The lowest BCUT2D eigenvalue weighted by Gasteiger charge is -2.24. The second kappa shape index (κ2) is 13.4. The van der Waals surface area contributed by atoms with Crippen LogP contribution in [-0.4, -0.2) is 37.7 Å². The second-order valence-corrected chi connectivity index (χ2v) is 9.28. The maximum absolute atomic E-state index is 13.1. The van der Waals surface area contributed by atoms with Gasteiger partial charge in [-0.2, -0.15) is 0 Å². The SMILES string of the molecule is CCCCC(C)Oc1ccc(C(CNC[C@@H]2CCCN2)NC(=O)C(C)c2ccccc2)cc1. The molecule has 5 heteroatoms. The molecular weight excluding hydrogens is 410 g/mol. The second-order valence-electron chi connectivity index (χ2n) is 9.28. The Morgan fingerprint density at radius 2 is 1.85 bits per heavy atom. The van der Waals surface area contributed by atoms with Gasteiger partial charge in [-0.25, -0.2) is 0 Å². The highest BCUT2D eigenvalue weighted by Crippen LogP contribution is 2.22. The maximum atomic E-state index is 13.1. The number of unbranched alkanes of at least 4 members (excludes halogenated alkanes) is 1. The van der Waals surface area contributed by atoms with Gasteiger partial charge in [-0.3, -0.25) is 4.79 Å². The Bertz CT molecular complexity index is 819. The zero-order chi connectivity index (χ0) is 23.5. The Morgan fingerprint density at radius 1 is 1.09 bits per heavy atom. The van der Waals surface area contributed by atoms with Gasteiger partial charge in [0, 0.05) is 19.1 Å². The number of carbonyl (C=O) groups is 1. The Morgan fingerprint density at radius 3 is 2.52 bits per heavy atom. The molecule has 1 fully saturated rings. The number of hydrogen-bond acceptors (Lipinski definition) is 4. The van der Waals surface area contributed by atoms with Crippen LogP contribution in [0.25, 0.3) is 0 Å². The third-order valence-corrected chi connectivity index (χ3v) is 6.49. The largest absolute Gasteiger partial charge is 0.491 e. The number of rotatable bonds is 13. The number of ether oxygens (including phenoxy) is 1. The van der Waals surface area contributed by atoms with Gasteiger partial charge in [-0.15, -0.1) is 0 Å². The minimum Gasteiger partial charge on any atom is -0.491 e. The number of nitrogens with one attached hydrogen (secondary N) is 3. The zero-order valence-corrected chi connectivity index (χ0v) is 20.5. The maximum Gasteiger partial charge on any atom is 0.227 e. The molecule has 0 aliphatic carbocycles. The van der Waals surface area contributed by atoms with Crippen LogP contribution in [0.2, 0.25) is 0 Å². The van der Waals surface area contributed by atoms with Crippen LogP contribution in [0.1, 0.15) is 76.0 Å². The minimum absolute atomic E-state index is 0.0421. The van der Waals surface area contributed by atoms with E-state index in [4.69, 9.17) is 4.74 Å². The van der Waals surface area contributed by atoms with Gasteiger partial charge in [0.1, 0.15) is 5.75 Å². The van der Waals surface area contributed by atoms with Crippen molar-refractivity contribution in [2.75, 3.05) is 19.6 Å². The smallest absolute Gasteiger partial charge is 0.227 e. The molecule has 2 aromatic carbocycles. The summed E-state index contributed by atoms with van der Waals surface area (Å²) >= 11 is 0. The van der Waals surface area contributed by atoms with Crippen LogP contribution in [0, 0.1) is 0 Å². The zero-order valence-electron chi connectivity index (χ0n) is 20.5. The van der Waals surface area contributed by atoms with Crippen molar-refractivity contribution < 1.29 is 9.53 Å². The Balaban J connectivity index is 1.64. The number of amides is 1. The molecule has 0 bridgehead atoms. The van der Waals surface area contributed by atoms with Crippen LogP contribution in [-0.2, 0) is 4.79 Å². The monoisotopic (exact) mass is 451 g/mol. The quantitative estimate of drug-likeness (QED) is 0.403. The van der Waals surface area contributed by atoms with Crippen LogP contribution in [0.5, 0.6) is 5.75 Å². The first-order valence-electron chi connectivity index (χ1n) is 12.6. The highest BCUT2D eigenvalue weighted by Gasteiger charge is 2.21. The molecule has 33 heavy (non-hydrogen) atoms. The summed E-state index contributed by atoms with van der Waals surface area (Å²) < 4.78 is 6.07. The van der Waals surface area contributed by atoms with Crippen LogP contribution in [0.3, 0.4) is 0 Å². The molecule has 0 spiro atoms. The van der Waals surface area contributed by atoms with Gasteiger partial charge in [-0.05, 0) is 62.9 Å². The third kappa shape index (κ3) is 8.17. The summed E-state index contributed by atoms with van der Waals surface area (Å²) in [6.07, 6.45) is 6.07. The van der Waals surface area contributed by atoms with E-state index < -0.39 is 0 Å². The molecule has 1 heterocycles. The predicted octanol–water partition coefficient (Wildman–Crippen LogP) is 4.95. The van der Waals surface area contributed by atoms with Gasteiger partial charge in [-0.1, -0.05) is 62.2 Å². The Kier molecular flexibility index (Phi) is 10.2. The lowest BCUT2D eigenvalue weighted by molar-refractivity contribution is -0.123.